The molecule has 1 aliphatic rings. The van der Waals surface area contributed by atoms with Gasteiger partial charge in [-0.2, -0.15) is 15.4 Å². The van der Waals surface area contributed by atoms with Crippen molar-refractivity contribution < 1.29 is 9.59 Å². The number of benzene rings is 1. The Morgan fingerprint density at radius 2 is 2.14 bits per heavy atom. The summed E-state index contributed by atoms with van der Waals surface area (Å²) in [5.74, 6) is -0.561. The summed E-state index contributed by atoms with van der Waals surface area (Å²) in [7, 11) is 0. The molecule has 3 rings (SSSR count). The SMILES string of the molecule is O=C(N[C@@H]1CCN(c2ccc(Cl)cc2)C1=O)c1cn[nH]n1. The zero-order valence-corrected chi connectivity index (χ0v) is 11.7. The van der Waals surface area contributed by atoms with Crippen LogP contribution in [0.25, 0.3) is 0 Å². The lowest BCUT2D eigenvalue weighted by Crippen LogP contribution is -2.41. The maximum Gasteiger partial charge on any atom is 0.274 e. The average Bonchev–Trinajstić information content (AvgIpc) is 3.11. The first kappa shape index (κ1) is 13.6. The Morgan fingerprint density at radius 3 is 2.81 bits per heavy atom. The molecule has 0 saturated carbocycles. The second-order valence-electron chi connectivity index (χ2n) is 4.64. The zero-order chi connectivity index (χ0) is 14.8. The van der Waals surface area contributed by atoms with Gasteiger partial charge in [0, 0.05) is 17.3 Å². The van der Waals surface area contributed by atoms with E-state index in [0.29, 0.717) is 18.0 Å². The zero-order valence-electron chi connectivity index (χ0n) is 10.9. The molecule has 2 N–H and O–H groups in total. The minimum atomic E-state index is -0.551. The average molecular weight is 306 g/mol. The molecule has 2 heterocycles. The Bertz CT molecular complexity index is 656. The smallest absolute Gasteiger partial charge is 0.274 e. The molecule has 0 radical (unpaired) electrons. The van der Waals surface area contributed by atoms with Crippen molar-refractivity contribution in [3.63, 3.8) is 0 Å². The molecular formula is C13H12ClN5O2. The summed E-state index contributed by atoms with van der Waals surface area (Å²) in [4.78, 5) is 25.8. The number of carbonyl (C=O) groups excluding carboxylic acids is 2. The lowest BCUT2D eigenvalue weighted by molar-refractivity contribution is -0.118. The number of amides is 2. The second-order valence-corrected chi connectivity index (χ2v) is 5.07. The van der Waals surface area contributed by atoms with E-state index in [1.807, 2.05) is 0 Å². The summed E-state index contributed by atoms with van der Waals surface area (Å²) in [6, 6.07) is 6.46. The Hall–Kier alpha value is -2.41. The Balaban J connectivity index is 1.69. The van der Waals surface area contributed by atoms with Crippen LogP contribution in [0.3, 0.4) is 0 Å². The van der Waals surface area contributed by atoms with Crippen molar-refractivity contribution >= 4 is 29.1 Å². The van der Waals surface area contributed by atoms with Crippen LogP contribution in [-0.4, -0.2) is 39.8 Å². The molecule has 0 bridgehead atoms. The summed E-state index contributed by atoms with van der Waals surface area (Å²) in [5, 5.41) is 12.9. The van der Waals surface area contributed by atoms with Gasteiger partial charge in [0.05, 0.1) is 6.20 Å². The number of rotatable bonds is 3. The Morgan fingerprint density at radius 1 is 1.38 bits per heavy atom. The molecule has 1 saturated heterocycles. The number of hydrogen-bond donors (Lipinski definition) is 2. The molecule has 2 amide bonds. The molecule has 1 fully saturated rings. The van der Waals surface area contributed by atoms with Gasteiger partial charge in [-0.1, -0.05) is 11.6 Å². The van der Waals surface area contributed by atoms with Gasteiger partial charge in [0.25, 0.3) is 5.91 Å². The molecule has 21 heavy (non-hydrogen) atoms. The summed E-state index contributed by atoms with van der Waals surface area (Å²) in [6.07, 6.45) is 1.86. The van der Waals surface area contributed by atoms with Gasteiger partial charge in [0.15, 0.2) is 5.69 Å². The number of anilines is 1. The second kappa shape index (κ2) is 5.53. The van der Waals surface area contributed by atoms with E-state index in [4.69, 9.17) is 11.6 Å². The molecule has 2 aromatic rings. The number of nitrogens with one attached hydrogen (secondary N) is 2. The maximum atomic E-state index is 12.3. The molecule has 0 unspecified atom stereocenters. The minimum Gasteiger partial charge on any atom is -0.339 e. The molecule has 1 aliphatic heterocycles. The number of halogens is 1. The van der Waals surface area contributed by atoms with Gasteiger partial charge in [-0.3, -0.25) is 9.59 Å². The van der Waals surface area contributed by atoms with Crippen LogP contribution >= 0.6 is 11.6 Å². The third kappa shape index (κ3) is 2.73. The van der Waals surface area contributed by atoms with Crippen molar-refractivity contribution in [2.45, 2.75) is 12.5 Å². The van der Waals surface area contributed by atoms with Crippen molar-refractivity contribution in [1.82, 2.24) is 20.7 Å². The molecule has 8 heteroatoms. The standard InChI is InChI=1S/C13H12ClN5O2/c14-8-1-3-9(4-2-8)19-6-5-10(13(19)21)16-12(20)11-7-15-18-17-11/h1-4,7,10H,5-6H2,(H,16,20)(H,15,17,18)/t10-/m1/s1. The van der Waals surface area contributed by atoms with Crippen molar-refractivity contribution in [2.75, 3.05) is 11.4 Å². The minimum absolute atomic E-state index is 0.144. The van der Waals surface area contributed by atoms with Crippen LogP contribution in [0, 0.1) is 0 Å². The predicted molar refractivity (Wildman–Crippen MR) is 76.1 cm³/mol. The Kier molecular flexibility index (Phi) is 3.57. The lowest BCUT2D eigenvalue weighted by atomic mass is 10.2. The van der Waals surface area contributed by atoms with Crippen LogP contribution in [0.2, 0.25) is 5.02 Å². The van der Waals surface area contributed by atoms with E-state index < -0.39 is 11.9 Å². The molecule has 1 aromatic carbocycles. The first-order valence-electron chi connectivity index (χ1n) is 6.39. The van der Waals surface area contributed by atoms with Crippen LogP contribution in [0.15, 0.2) is 30.5 Å². The molecular weight excluding hydrogens is 294 g/mol. The summed E-state index contributed by atoms with van der Waals surface area (Å²) < 4.78 is 0. The van der Waals surface area contributed by atoms with Crippen LogP contribution in [0.5, 0.6) is 0 Å². The Labute approximate surface area is 125 Å². The molecule has 0 aliphatic carbocycles. The van der Waals surface area contributed by atoms with Crippen molar-refractivity contribution in [3.8, 4) is 0 Å². The van der Waals surface area contributed by atoms with Gasteiger partial charge in [0.1, 0.15) is 6.04 Å². The highest BCUT2D eigenvalue weighted by molar-refractivity contribution is 6.30. The van der Waals surface area contributed by atoms with Gasteiger partial charge in [-0.25, -0.2) is 0 Å². The van der Waals surface area contributed by atoms with E-state index in [1.54, 1.807) is 29.2 Å². The van der Waals surface area contributed by atoms with E-state index in [-0.39, 0.29) is 11.6 Å². The number of hydrogen-bond acceptors (Lipinski definition) is 4. The number of H-pyrrole nitrogens is 1. The third-order valence-electron chi connectivity index (χ3n) is 3.30. The summed E-state index contributed by atoms with van der Waals surface area (Å²) >= 11 is 5.83. The van der Waals surface area contributed by atoms with Crippen LogP contribution in [0.1, 0.15) is 16.9 Å². The fourth-order valence-electron chi connectivity index (χ4n) is 2.23. The van der Waals surface area contributed by atoms with Gasteiger partial charge in [0.2, 0.25) is 5.91 Å². The normalized spacial score (nSPS) is 18.0. The van der Waals surface area contributed by atoms with Crippen molar-refractivity contribution in [1.29, 1.82) is 0 Å². The van der Waals surface area contributed by atoms with E-state index in [9.17, 15) is 9.59 Å². The highest BCUT2D eigenvalue weighted by Gasteiger charge is 2.34. The first-order chi connectivity index (χ1) is 10.1. The van der Waals surface area contributed by atoms with Gasteiger partial charge in [-0.05, 0) is 30.7 Å². The predicted octanol–water partition coefficient (Wildman–Crippen LogP) is 0.993. The summed E-state index contributed by atoms with van der Waals surface area (Å²) in [6.45, 7) is 0.546. The fourth-order valence-corrected chi connectivity index (χ4v) is 2.36. The molecule has 0 spiro atoms. The quantitative estimate of drug-likeness (QED) is 0.885. The molecule has 1 atom stereocenters. The maximum absolute atomic E-state index is 12.3. The first-order valence-corrected chi connectivity index (χ1v) is 6.76. The topological polar surface area (TPSA) is 91.0 Å². The van der Waals surface area contributed by atoms with Gasteiger partial charge >= 0.3 is 0 Å². The summed E-state index contributed by atoms with van der Waals surface area (Å²) in [5.41, 5.74) is 0.926. The van der Waals surface area contributed by atoms with E-state index in [1.165, 1.54) is 6.20 Å². The van der Waals surface area contributed by atoms with Crippen LogP contribution in [-0.2, 0) is 4.79 Å². The van der Waals surface area contributed by atoms with Crippen LogP contribution in [0.4, 0.5) is 5.69 Å². The molecule has 1 aromatic heterocycles. The largest absolute Gasteiger partial charge is 0.339 e. The molecule has 108 valence electrons. The van der Waals surface area contributed by atoms with Crippen molar-refractivity contribution in [2.24, 2.45) is 0 Å². The highest BCUT2D eigenvalue weighted by Crippen LogP contribution is 2.23. The van der Waals surface area contributed by atoms with Crippen molar-refractivity contribution in [3.05, 3.63) is 41.2 Å². The van der Waals surface area contributed by atoms with E-state index >= 15 is 0 Å². The van der Waals surface area contributed by atoms with Crippen LogP contribution < -0.4 is 10.2 Å². The number of aromatic amines is 1. The highest BCUT2D eigenvalue weighted by atomic mass is 35.5. The number of nitrogens with zero attached hydrogens (tertiary/aromatic N) is 3. The monoisotopic (exact) mass is 305 g/mol. The lowest BCUT2D eigenvalue weighted by Gasteiger charge is -2.17. The fraction of sp³-hybridized carbons (Fsp3) is 0.231. The van der Waals surface area contributed by atoms with Gasteiger partial charge in [-0.15, -0.1) is 0 Å². The number of carbonyl (C=O) groups is 2. The van der Waals surface area contributed by atoms with E-state index in [2.05, 4.69) is 20.7 Å². The molecule has 7 nitrogen and oxygen atoms in total. The third-order valence-corrected chi connectivity index (χ3v) is 3.55. The van der Waals surface area contributed by atoms with Gasteiger partial charge < -0.3 is 10.2 Å². The van der Waals surface area contributed by atoms with E-state index in [0.717, 1.165) is 5.69 Å². The number of aromatic nitrogens is 3.